The first kappa shape index (κ1) is 20.4. The number of halogens is 1. The molecule has 0 aromatic heterocycles. The van der Waals surface area contributed by atoms with Crippen molar-refractivity contribution in [3.8, 4) is 0 Å². The summed E-state index contributed by atoms with van der Waals surface area (Å²) in [6.07, 6.45) is 5.96. The lowest BCUT2D eigenvalue weighted by atomic mass is 9.59. The van der Waals surface area contributed by atoms with Gasteiger partial charge in [0.05, 0.1) is 5.92 Å². The van der Waals surface area contributed by atoms with Gasteiger partial charge in [-0.05, 0) is 62.6 Å². The summed E-state index contributed by atoms with van der Waals surface area (Å²) < 4.78 is 5.96. The molecule has 162 valence electrons. The number of ether oxygens (including phenoxy) is 1. The molecular weight excluding hydrogens is 396 g/mol. The number of anilines is 1. The molecule has 0 radical (unpaired) electrons. The molecule has 0 N–H and O–H groups in total. The molecular formula is C25H33ClN2O2. The van der Waals surface area contributed by atoms with E-state index in [1.807, 2.05) is 18.2 Å². The highest BCUT2D eigenvalue weighted by Crippen LogP contribution is 2.55. The van der Waals surface area contributed by atoms with Gasteiger partial charge in [0.2, 0.25) is 0 Å². The molecule has 0 bridgehead atoms. The van der Waals surface area contributed by atoms with Crippen molar-refractivity contribution in [2.24, 2.45) is 17.3 Å². The maximum absolute atomic E-state index is 12.8. The molecule has 5 rings (SSSR count). The molecule has 4 nitrogen and oxygen atoms in total. The molecule has 0 unspecified atom stereocenters. The third kappa shape index (κ3) is 3.67. The Morgan fingerprint density at radius 2 is 2.03 bits per heavy atom. The molecule has 1 aromatic carbocycles. The molecule has 2 heterocycles. The third-order valence-electron chi connectivity index (χ3n) is 8.18. The highest BCUT2D eigenvalue weighted by Gasteiger charge is 2.53. The number of nitrogens with zero attached hydrogens (tertiary/aromatic N) is 2. The minimum Gasteiger partial charge on any atom is -0.462 e. The highest BCUT2D eigenvalue weighted by atomic mass is 35.5. The molecule has 4 aliphatic rings. The number of carbonyl (C=O) groups excluding carboxylic acids is 1. The van der Waals surface area contributed by atoms with Gasteiger partial charge in [0.1, 0.15) is 6.10 Å². The first-order valence-corrected chi connectivity index (χ1v) is 11.9. The van der Waals surface area contributed by atoms with Crippen LogP contribution in [0.3, 0.4) is 0 Å². The lowest BCUT2D eigenvalue weighted by molar-refractivity contribution is -0.145. The van der Waals surface area contributed by atoms with Crippen LogP contribution in [-0.2, 0) is 9.53 Å². The Morgan fingerprint density at radius 1 is 1.23 bits per heavy atom. The second-order valence-corrected chi connectivity index (χ2v) is 10.5. The first-order chi connectivity index (χ1) is 14.4. The fourth-order valence-electron chi connectivity index (χ4n) is 6.46. The first-order valence-electron chi connectivity index (χ1n) is 11.6. The van der Waals surface area contributed by atoms with Crippen LogP contribution in [-0.4, -0.2) is 49.7 Å². The number of benzene rings is 1. The van der Waals surface area contributed by atoms with Crippen LogP contribution in [0.2, 0.25) is 5.02 Å². The molecule has 2 saturated heterocycles. The Hall–Kier alpha value is -1.52. The van der Waals surface area contributed by atoms with Crippen molar-refractivity contribution >= 4 is 23.3 Å². The van der Waals surface area contributed by atoms with Crippen LogP contribution in [0, 0.1) is 17.3 Å². The maximum atomic E-state index is 12.8. The molecule has 3 fully saturated rings. The van der Waals surface area contributed by atoms with Gasteiger partial charge in [-0.3, -0.25) is 9.69 Å². The van der Waals surface area contributed by atoms with Gasteiger partial charge in [0.25, 0.3) is 0 Å². The van der Waals surface area contributed by atoms with Gasteiger partial charge < -0.3 is 9.64 Å². The zero-order chi connectivity index (χ0) is 20.9. The van der Waals surface area contributed by atoms with E-state index in [0.29, 0.717) is 5.92 Å². The number of piperazine rings is 1. The molecule has 1 aromatic rings. The summed E-state index contributed by atoms with van der Waals surface area (Å²) in [5.41, 5.74) is 4.66. The van der Waals surface area contributed by atoms with E-state index in [1.54, 1.807) is 11.1 Å². The predicted molar refractivity (Wildman–Crippen MR) is 121 cm³/mol. The molecule has 0 spiro atoms. The molecule has 1 saturated carbocycles. The molecule has 0 amide bonds. The fraction of sp³-hybridized carbons (Fsp3) is 0.640. The number of rotatable bonds is 3. The van der Waals surface area contributed by atoms with Crippen LogP contribution in [0.25, 0.3) is 0 Å². The van der Waals surface area contributed by atoms with Crippen molar-refractivity contribution < 1.29 is 9.53 Å². The van der Waals surface area contributed by atoms with E-state index in [0.717, 1.165) is 50.6 Å². The van der Waals surface area contributed by atoms with Gasteiger partial charge in [0.15, 0.2) is 0 Å². The lowest BCUT2D eigenvalue weighted by Crippen LogP contribution is -2.49. The Morgan fingerprint density at radius 3 is 2.80 bits per heavy atom. The Balaban J connectivity index is 1.24. The van der Waals surface area contributed by atoms with Crippen LogP contribution >= 0.6 is 11.6 Å². The second kappa shape index (κ2) is 7.87. The summed E-state index contributed by atoms with van der Waals surface area (Å²) in [4.78, 5) is 17.7. The average Bonchev–Trinajstić information content (AvgIpc) is 3.01. The van der Waals surface area contributed by atoms with Crippen molar-refractivity contribution in [3.63, 3.8) is 0 Å². The zero-order valence-corrected chi connectivity index (χ0v) is 19.0. The quantitative estimate of drug-likeness (QED) is 0.505. The summed E-state index contributed by atoms with van der Waals surface area (Å²) in [5.74, 6) is 0.432. The van der Waals surface area contributed by atoms with E-state index in [4.69, 9.17) is 16.3 Å². The molecule has 2 aliphatic carbocycles. The van der Waals surface area contributed by atoms with Gasteiger partial charge in [-0.1, -0.05) is 35.7 Å². The topological polar surface area (TPSA) is 32.8 Å². The Labute approximate surface area is 185 Å². The van der Waals surface area contributed by atoms with Crippen molar-refractivity contribution in [2.45, 2.75) is 52.1 Å². The summed E-state index contributed by atoms with van der Waals surface area (Å²) >= 11 is 6.16. The van der Waals surface area contributed by atoms with Crippen LogP contribution in [0.4, 0.5) is 5.69 Å². The van der Waals surface area contributed by atoms with Crippen LogP contribution in [0.5, 0.6) is 0 Å². The normalized spacial score (nSPS) is 34.6. The number of carbonyl (C=O) groups is 1. The lowest BCUT2D eigenvalue weighted by Gasteiger charge is -2.46. The van der Waals surface area contributed by atoms with Gasteiger partial charge in [-0.25, -0.2) is 0 Å². The Bertz CT molecular complexity index is 860. The van der Waals surface area contributed by atoms with Gasteiger partial charge in [-0.15, -0.1) is 0 Å². The van der Waals surface area contributed by atoms with Crippen LogP contribution in [0.15, 0.2) is 35.4 Å². The van der Waals surface area contributed by atoms with Gasteiger partial charge in [-0.2, -0.15) is 0 Å². The van der Waals surface area contributed by atoms with Crippen molar-refractivity contribution in [2.75, 3.05) is 37.6 Å². The van der Waals surface area contributed by atoms with Gasteiger partial charge >= 0.3 is 5.97 Å². The van der Waals surface area contributed by atoms with E-state index in [9.17, 15) is 4.79 Å². The monoisotopic (exact) mass is 428 g/mol. The number of hydrogen-bond acceptors (Lipinski definition) is 4. The van der Waals surface area contributed by atoms with E-state index in [1.165, 1.54) is 24.9 Å². The minimum absolute atomic E-state index is 0.0273. The summed E-state index contributed by atoms with van der Waals surface area (Å²) in [5, 5.41) is 0.784. The number of fused-ring (bicyclic) bond motifs is 2. The standard InChI is InChI=1S/C25H33ClN2O2/c1-17-5-4-8-25(2)15-23-20(14-22(17)25)21(24(29)30-23)16-27-9-11-28(12-10-27)19-7-3-6-18(26)13-19/h3,6-7,13,20-21,23H,4-5,8-12,14-16H2,1-2H3/t20-,21+,23-,25-/m1/s1. The average molecular weight is 429 g/mol. The number of allylic oxidation sites excluding steroid dienone is 2. The van der Waals surface area contributed by atoms with Crippen molar-refractivity contribution in [3.05, 3.63) is 40.4 Å². The van der Waals surface area contributed by atoms with Gasteiger partial charge in [0, 0.05) is 49.4 Å². The largest absolute Gasteiger partial charge is 0.462 e. The SMILES string of the molecule is CC1=C2C[C@@H]3[C@H](CN4CCN(c5cccc(Cl)c5)CC4)C(=O)O[C@@H]3C[C@@]2(C)CCC1. The number of esters is 1. The van der Waals surface area contributed by atoms with Crippen LogP contribution < -0.4 is 4.90 Å². The molecule has 5 heteroatoms. The second-order valence-electron chi connectivity index (χ2n) is 10.1. The van der Waals surface area contributed by atoms with E-state index >= 15 is 0 Å². The molecule has 2 aliphatic heterocycles. The summed E-state index contributed by atoms with van der Waals surface area (Å²) in [6.45, 7) is 9.45. The van der Waals surface area contributed by atoms with E-state index < -0.39 is 0 Å². The van der Waals surface area contributed by atoms with Crippen molar-refractivity contribution in [1.29, 1.82) is 0 Å². The number of hydrogen-bond donors (Lipinski definition) is 0. The van der Waals surface area contributed by atoms with E-state index in [-0.39, 0.29) is 23.4 Å². The minimum atomic E-state index is 0.0273. The molecule has 30 heavy (non-hydrogen) atoms. The smallest absolute Gasteiger partial charge is 0.310 e. The summed E-state index contributed by atoms with van der Waals surface area (Å²) in [6, 6.07) is 8.09. The third-order valence-corrected chi connectivity index (χ3v) is 8.42. The van der Waals surface area contributed by atoms with Crippen LogP contribution in [0.1, 0.15) is 46.0 Å². The predicted octanol–water partition coefficient (Wildman–Crippen LogP) is 4.92. The fourth-order valence-corrected chi connectivity index (χ4v) is 6.65. The van der Waals surface area contributed by atoms with E-state index in [2.05, 4.69) is 29.7 Å². The maximum Gasteiger partial charge on any atom is 0.310 e. The molecule has 4 atom stereocenters. The Kier molecular flexibility index (Phi) is 5.35. The zero-order valence-electron chi connectivity index (χ0n) is 18.2. The highest BCUT2D eigenvalue weighted by molar-refractivity contribution is 6.30. The van der Waals surface area contributed by atoms with Crippen molar-refractivity contribution in [1.82, 2.24) is 4.90 Å². The summed E-state index contributed by atoms with van der Waals surface area (Å²) in [7, 11) is 0.